The predicted molar refractivity (Wildman–Crippen MR) is 79.0 cm³/mol. The van der Waals surface area contributed by atoms with E-state index < -0.39 is 0 Å². The van der Waals surface area contributed by atoms with Crippen molar-refractivity contribution in [2.45, 2.75) is 84.6 Å². The minimum absolute atomic E-state index is 0.201. The van der Waals surface area contributed by atoms with Gasteiger partial charge in [0.25, 0.3) is 0 Å². The number of imidazole rings is 1. The molecule has 0 aromatic carbocycles. The molecule has 18 heavy (non-hydrogen) atoms. The van der Waals surface area contributed by atoms with E-state index in [1.54, 1.807) is 0 Å². The summed E-state index contributed by atoms with van der Waals surface area (Å²) in [5, 5.41) is 0. The highest BCUT2D eigenvalue weighted by atomic mass is 15.1. The molecule has 1 aromatic rings. The highest BCUT2D eigenvalue weighted by molar-refractivity contribution is 5.05. The van der Waals surface area contributed by atoms with Crippen LogP contribution in [0.5, 0.6) is 0 Å². The highest BCUT2D eigenvalue weighted by Gasteiger charge is 2.20. The minimum Gasteiger partial charge on any atom is -0.332 e. The Morgan fingerprint density at radius 2 is 1.94 bits per heavy atom. The second-order valence-electron chi connectivity index (χ2n) is 6.17. The molecule has 1 atom stereocenters. The van der Waals surface area contributed by atoms with Crippen LogP contribution in [0.25, 0.3) is 0 Å². The topological polar surface area (TPSA) is 17.8 Å². The molecule has 1 aromatic heterocycles. The van der Waals surface area contributed by atoms with Crippen LogP contribution in [0.1, 0.15) is 84.8 Å². The fourth-order valence-corrected chi connectivity index (χ4v) is 2.44. The molecule has 0 bridgehead atoms. The summed E-state index contributed by atoms with van der Waals surface area (Å²) >= 11 is 0. The van der Waals surface area contributed by atoms with E-state index in [0.717, 1.165) is 0 Å². The van der Waals surface area contributed by atoms with Crippen LogP contribution in [-0.2, 0) is 5.54 Å². The third-order valence-corrected chi connectivity index (χ3v) is 3.92. The molecular formula is C16H30N2. The summed E-state index contributed by atoms with van der Waals surface area (Å²) < 4.78 is 2.31. The molecular weight excluding hydrogens is 220 g/mol. The smallest absolute Gasteiger partial charge is 0.0954 e. The summed E-state index contributed by atoms with van der Waals surface area (Å²) in [6.07, 6.45) is 11.9. The highest BCUT2D eigenvalue weighted by Crippen LogP contribution is 2.26. The van der Waals surface area contributed by atoms with Gasteiger partial charge in [0.2, 0.25) is 0 Å². The first-order chi connectivity index (χ1) is 8.51. The molecule has 0 spiro atoms. The fourth-order valence-electron chi connectivity index (χ4n) is 2.44. The van der Waals surface area contributed by atoms with Crippen LogP contribution in [-0.4, -0.2) is 9.55 Å². The van der Waals surface area contributed by atoms with Crippen LogP contribution in [0.4, 0.5) is 0 Å². The summed E-state index contributed by atoms with van der Waals surface area (Å²) in [5.41, 5.74) is 1.45. The Labute approximate surface area is 113 Å². The van der Waals surface area contributed by atoms with Crippen LogP contribution in [0, 0.1) is 0 Å². The number of nitrogens with zero attached hydrogens (tertiary/aromatic N) is 2. The van der Waals surface area contributed by atoms with Gasteiger partial charge in [-0.25, -0.2) is 4.98 Å². The van der Waals surface area contributed by atoms with Crippen LogP contribution in [0.3, 0.4) is 0 Å². The molecule has 0 aliphatic carbocycles. The Bertz CT molecular complexity index is 339. The maximum Gasteiger partial charge on any atom is 0.0954 e. The molecule has 1 rings (SSSR count). The van der Waals surface area contributed by atoms with Gasteiger partial charge in [0.1, 0.15) is 0 Å². The van der Waals surface area contributed by atoms with Gasteiger partial charge in [-0.3, -0.25) is 0 Å². The SMILES string of the molecule is CCCCCC(C)(C)n1cnc(C(C)CCC)c1. The van der Waals surface area contributed by atoms with E-state index in [1.165, 1.54) is 44.2 Å². The van der Waals surface area contributed by atoms with Gasteiger partial charge in [0.15, 0.2) is 0 Å². The predicted octanol–water partition coefficient (Wildman–Crippen LogP) is 5.10. The monoisotopic (exact) mass is 250 g/mol. The molecule has 1 heterocycles. The fraction of sp³-hybridized carbons (Fsp3) is 0.812. The van der Waals surface area contributed by atoms with E-state index in [-0.39, 0.29) is 5.54 Å². The first-order valence-electron chi connectivity index (χ1n) is 7.55. The molecule has 0 saturated heterocycles. The molecule has 0 aliphatic rings. The van der Waals surface area contributed by atoms with Gasteiger partial charge in [-0.2, -0.15) is 0 Å². The van der Waals surface area contributed by atoms with Crippen molar-refractivity contribution in [3.05, 3.63) is 18.2 Å². The maximum absolute atomic E-state index is 4.59. The van der Waals surface area contributed by atoms with Gasteiger partial charge in [-0.05, 0) is 32.6 Å². The van der Waals surface area contributed by atoms with E-state index in [2.05, 4.69) is 50.4 Å². The van der Waals surface area contributed by atoms with Gasteiger partial charge in [-0.1, -0.05) is 46.5 Å². The van der Waals surface area contributed by atoms with Crippen molar-refractivity contribution >= 4 is 0 Å². The number of aromatic nitrogens is 2. The second kappa shape index (κ2) is 6.96. The summed E-state index contributed by atoms with van der Waals surface area (Å²) in [6, 6.07) is 0. The largest absolute Gasteiger partial charge is 0.332 e. The van der Waals surface area contributed by atoms with Crippen molar-refractivity contribution in [2.24, 2.45) is 0 Å². The first kappa shape index (κ1) is 15.3. The molecule has 0 aliphatic heterocycles. The Morgan fingerprint density at radius 3 is 2.56 bits per heavy atom. The van der Waals surface area contributed by atoms with Crippen LogP contribution in [0.2, 0.25) is 0 Å². The Morgan fingerprint density at radius 1 is 1.22 bits per heavy atom. The summed E-state index contributed by atoms with van der Waals surface area (Å²) in [5.74, 6) is 0.586. The minimum atomic E-state index is 0.201. The summed E-state index contributed by atoms with van der Waals surface area (Å²) in [7, 11) is 0. The molecule has 104 valence electrons. The van der Waals surface area contributed by atoms with Crippen LogP contribution in [0.15, 0.2) is 12.5 Å². The zero-order chi connectivity index (χ0) is 13.6. The standard InChI is InChI=1S/C16H30N2/c1-6-8-9-11-16(4,5)18-12-15(17-13-18)14(3)10-7-2/h12-14H,6-11H2,1-5H3. The Kier molecular flexibility index (Phi) is 5.90. The zero-order valence-corrected chi connectivity index (χ0v) is 12.9. The molecule has 0 fully saturated rings. The van der Waals surface area contributed by atoms with E-state index in [9.17, 15) is 0 Å². The van der Waals surface area contributed by atoms with Gasteiger partial charge >= 0.3 is 0 Å². The van der Waals surface area contributed by atoms with E-state index in [4.69, 9.17) is 0 Å². The summed E-state index contributed by atoms with van der Waals surface area (Å²) in [6.45, 7) is 11.4. The van der Waals surface area contributed by atoms with Crippen molar-refractivity contribution < 1.29 is 0 Å². The van der Waals surface area contributed by atoms with Gasteiger partial charge < -0.3 is 4.57 Å². The molecule has 0 N–H and O–H groups in total. The van der Waals surface area contributed by atoms with Gasteiger partial charge in [0, 0.05) is 11.7 Å². The Hall–Kier alpha value is -0.790. The van der Waals surface area contributed by atoms with Crippen LogP contribution >= 0.6 is 0 Å². The lowest BCUT2D eigenvalue weighted by atomic mass is 9.96. The van der Waals surface area contributed by atoms with Crippen LogP contribution < -0.4 is 0 Å². The van der Waals surface area contributed by atoms with Crippen molar-refractivity contribution in [1.82, 2.24) is 9.55 Å². The zero-order valence-electron chi connectivity index (χ0n) is 12.9. The van der Waals surface area contributed by atoms with Crippen molar-refractivity contribution in [3.8, 4) is 0 Å². The number of unbranched alkanes of at least 4 members (excludes halogenated alkanes) is 2. The normalized spacial score (nSPS) is 13.8. The maximum atomic E-state index is 4.59. The molecule has 0 saturated carbocycles. The number of rotatable bonds is 8. The Balaban J connectivity index is 2.65. The molecule has 2 heteroatoms. The average Bonchev–Trinajstić information content (AvgIpc) is 2.79. The second-order valence-corrected chi connectivity index (χ2v) is 6.17. The molecule has 0 amide bonds. The van der Waals surface area contributed by atoms with E-state index >= 15 is 0 Å². The quantitative estimate of drug-likeness (QED) is 0.587. The lowest BCUT2D eigenvalue weighted by Gasteiger charge is -2.26. The number of hydrogen-bond acceptors (Lipinski definition) is 1. The third kappa shape index (κ3) is 4.15. The first-order valence-corrected chi connectivity index (χ1v) is 7.55. The van der Waals surface area contributed by atoms with E-state index in [0.29, 0.717) is 5.92 Å². The van der Waals surface area contributed by atoms with Crippen molar-refractivity contribution in [3.63, 3.8) is 0 Å². The summed E-state index contributed by atoms with van der Waals surface area (Å²) in [4.78, 5) is 4.59. The van der Waals surface area contributed by atoms with Gasteiger partial charge in [0.05, 0.1) is 12.0 Å². The van der Waals surface area contributed by atoms with Crippen molar-refractivity contribution in [2.75, 3.05) is 0 Å². The van der Waals surface area contributed by atoms with Gasteiger partial charge in [-0.15, -0.1) is 0 Å². The average molecular weight is 250 g/mol. The van der Waals surface area contributed by atoms with E-state index in [1.807, 2.05) is 6.33 Å². The lowest BCUT2D eigenvalue weighted by Crippen LogP contribution is -2.24. The molecule has 2 nitrogen and oxygen atoms in total. The third-order valence-electron chi connectivity index (χ3n) is 3.92. The lowest BCUT2D eigenvalue weighted by molar-refractivity contribution is 0.314. The molecule has 0 radical (unpaired) electrons. The number of hydrogen-bond donors (Lipinski definition) is 0. The molecule has 1 unspecified atom stereocenters. The van der Waals surface area contributed by atoms with Crippen molar-refractivity contribution in [1.29, 1.82) is 0 Å².